The van der Waals surface area contributed by atoms with Gasteiger partial charge in [0.1, 0.15) is 0 Å². The van der Waals surface area contributed by atoms with Crippen molar-refractivity contribution in [2.24, 2.45) is 0 Å². The zero-order valence-electron chi connectivity index (χ0n) is 9.37. The first-order valence-electron chi connectivity index (χ1n) is 5.39. The van der Waals surface area contributed by atoms with Gasteiger partial charge < -0.3 is 4.98 Å². The fraction of sp³-hybridized carbons (Fsp3) is 0.143. The lowest BCUT2D eigenvalue weighted by molar-refractivity contribution is 1.42. The Morgan fingerprint density at radius 2 is 1.94 bits per heavy atom. The van der Waals surface area contributed by atoms with Crippen molar-refractivity contribution in [1.82, 2.24) is 4.98 Å². The van der Waals surface area contributed by atoms with E-state index in [9.17, 15) is 0 Å². The molecule has 1 N–H and O–H groups in total. The zero-order valence-corrected chi connectivity index (χ0v) is 10.2. The minimum atomic E-state index is 1.22. The van der Waals surface area contributed by atoms with Gasteiger partial charge in [-0.15, -0.1) is 11.3 Å². The molecule has 0 amide bonds. The van der Waals surface area contributed by atoms with Crippen LogP contribution in [0, 0.1) is 13.8 Å². The molecule has 0 saturated heterocycles. The maximum Gasteiger partial charge on any atom is 0.0566 e. The molecule has 2 heterocycles. The molecule has 3 aromatic rings. The van der Waals surface area contributed by atoms with Gasteiger partial charge in [0.05, 0.1) is 10.6 Å². The van der Waals surface area contributed by atoms with E-state index in [-0.39, 0.29) is 0 Å². The minimum Gasteiger partial charge on any atom is -0.354 e. The fourth-order valence-electron chi connectivity index (χ4n) is 2.02. The number of hydrogen-bond donors (Lipinski definition) is 1. The predicted octanol–water partition coefficient (Wildman–Crippen LogP) is 4.51. The summed E-state index contributed by atoms with van der Waals surface area (Å²) in [7, 11) is 0. The Morgan fingerprint density at radius 1 is 1.06 bits per heavy atom. The minimum absolute atomic E-state index is 1.22. The quantitative estimate of drug-likeness (QED) is 0.629. The molecule has 0 radical (unpaired) electrons. The van der Waals surface area contributed by atoms with E-state index >= 15 is 0 Å². The van der Waals surface area contributed by atoms with E-state index in [0.717, 1.165) is 0 Å². The second-order valence-corrected chi connectivity index (χ2v) is 5.42. The molecular weight excluding hydrogens is 214 g/mol. The number of nitrogens with one attached hydrogen (secondary N) is 1. The molecule has 0 bridgehead atoms. The average molecular weight is 227 g/mol. The summed E-state index contributed by atoms with van der Waals surface area (Å²) in [6.07, 6.45) is 0. The largest absolute Gasteiger partial charge is 0.354 e. The zero-order chi connectivity index (χ0) is 11.1. The number of para-hydroxylation sites is 1. The molecule has 1 nitrogen and oxygen atoms in total. The number of hydrogen-bond acceptors (Lipinski definition) is 1. The first kappa shape index (κ1) is 9.67. The molecule has 3 rings (SSSR count). The van der Waals surface area contributed by atoms with Crippen LogP contribution in [0.2, 0.25) is 0 Å². The Bertz CT molecular complexity index is 646. The summed E-state index contributed by atoms with van der Waals surface area (Å²) in [5.41, 5.74) is 3.78. The Morgan fingerprint density at radius 3 is 2.62 bits per heavy atom. The summed E-state index contributed by atoms with van der Waals surface area (Å²) >= 11 is 1.83. The molecule has 0 spiro atoms. The number of fused-ring (bicyclic) bond motifs is 1. The number of thiophene rings is 1. The summed E-state index contributed by atoms with van der Waals surface area (Å²) in [6, 6.07) is 13.0. The van der Waals surface area contributed by atoms with Gasteiger partial charge in [0.25, 0.3) is 0 Å². The van der Waals surface area contributed by atoms with Crippen LogP contribution in [0.4, 0.5) is 0 Å². The first-order valence-corrected chi connectivity index (χ1v) is 6.21. The number of rotatable bonds is 1. The third kappa shape index (κ3) is 1.46. The van der Waals surface area contributed by atoms with Crippen molar-refractivity contribution in [1.29, 1.82) is 0 Å². The Labute approximate surface area is 98.7 Å². The normalized spacial score (nSPS) is 11.1. The lowest BCUT2D eigenvalue weighted by Crippen LogP contribution is -1.74. The standard InChI is InChI=1S/C14H13NS/c1-9-4-3-5-11-8-12(15-14(9)11)13-7-6-10(2)16-13/h3-8,15H,1-2H3. The SMILES string of the molecule is Cc1ccc(-c2cc3cccc(C)c3[nH]2)s1. The third-order valence-corrected chi connectivity index (χ3v) is 3.90. The summed E-state index contributed by atoms with van der Waals surface area (Å²) in [4.78, 5) is 6.17. The summed E-state index contributed by atoms with van der Waals surface area (Å²) in [5, 5.41) is 1.29. The van der Waals surface area contributed by atoms with E-state index in [4.69, 9.17) is 0 Å². The van der Waals surface area contributed by atoms with Crippen molar-refractivity contribution in [3.05, 3.63) is 46.8 Å². The molecule has 80 valence electrons. The van der Waals surface area contributed by atoms with E-state index in [0.29, 0.717) is 0 Å². The van der Waals surface area contributed by atoms with Gasteiger partial charge in [0, 0.05) is 15.8 Å². The molecule has 0 aliphatic carbocycles. The predicted molar refractivity (Wildman–Crippen MR) is 71.1 cm³/mol. The molecule has 0 aliphatic heterocycles. The van der Waals surface area contributed by atoms with Crippen LogP contribution in [-0.4, -0.2) is 4.98 Å². The van der Waals surface area contributed by atoms with E-state index < -0.39 is 0 Å². The second-order valence-electron chi connectivity index (χ2n) is 4.13. The molecular formula is C14H13NS. The molecule has 0 saturated carbocycles. The molecule has 0 fully saturated rings. The molecule has 0 unspecified atom stereocenters. The van der Waals surface area contributed by atoms with Gasteiger partial charge in [-0.25, -0.2) is 0 Å². The fourth-order valence-corrected chi connectivity index (χ4v) is 2.86. The van der Waals surface area contributed by atoms with Crippen molar-refractivity contribution in [2.75, 3.05) is 0 Å². The van der Waals surface area contributed by atoms with Gasteiger partial charge in [0.2, 0.25) is 0 Å². The van der Waals surface area contributed by atoms with E-state index in [2.05, 4.69) is 55.2 Å². The molecule has 0 atom stereocenters. The van der Waals surface area contributed by atoms with Crippen LogP contribution < -0.4 is 0 Å². The van der Waals surface area contributed by atoms with Crippen molar-refractivity contribution in [3.8, 4) is 10.6 Å². The Kier molecular flexibility index (Phi) is 2.11. The summed E-state index contributed by atoms with van der Waals surface area (Å²) in [6.45, 7) is 4.28. The van der Waals surface area contributed by atoms with Gasteiger partial charge >= 0.3 is 0 Å². The van der Waals surface area contributed by atoms with Crippen LogP contribution >= 0.6 is 11.3 Å². The van der Waals surface area contributed by atoms with E-state index in [1.54, 1.807) is 0 Å². The maximum atomic E-state index is 3.50. The lowest BCUT2D eigenvalue weighted by Gasteiger charge is -1.93. The van der Waals surface area contributed by atoms with Crippen molar-refractivity contribution in [2.45, 2.75) is 13.8 Å². The van der Waals surface area contributed by atoms with Crippen molar-refractivity contribution < 1.29 is 0 Å². The third-order valence-electron chi connectivity index (χ3n) is 2.87. The van der Waals surface area contributed by atoms with Crippen LogP contribution in [0.15, 0.2) is 36.4 Å². The highest BCUT2D eigenvalue weighted by molar-refractivity contribution is 7.15. The number of H-pyrrole nitrogens is 1. The summed E-state index contributed by atoms with van der Waals surface area (Å²) in [5.74, 6) is 0. The van der Waals surface area contributed by atoms with Gasteiger partial charge in [-0.05, 0) is 37.6 Å². The first-order chi connectivity index (χ1) is 7.74. The van der Waals surface area contributed by atoms with E-state index in [1.165, 1.54) is 31.9 Å². The van der Waals surface area contributed by atoms with Crippen LogP contribution in [0.5, 0.6) is 0 Å². The Balaban J connectivity index is 2.22. The van der Waals surface area contributed by atoms with Crippen molar-refractivity contribution in [3.63, 3.8) is 0 Å². The highest BCUT2D eigenvalue weighted by Crippen LogP contribution is 2.30. The molecule has 16 heavy (non-hydrogen) atoms. The Hall–Kier alpha value is -1.54. The van der Waals surface area contributed by atoms with Gasteiger partial charge in [-0.1, -0.05) is 18.2 Å². The maximum absolute atomic E-state index is 3.50. The number of benzene rings is 1. The van der Waals surface area contributed by atoms with Crippen molar-refractivity contribution >= 4 is 22.2 Å². The van der Waals surface area contributed by atoms with Crippen LogP contribution in [0.25, 0.3) is 21.5 Å². The van der Waals surface area contributed by atoms with Crippen LogP contribution in [0.3, 0.4) is 0 Å². The summed E-state index contributed by atoms with van der Waals surface area (Å²) < 4.78 is 0. The van der Waals surface area contributed by atoms with Gasteiger partial charge in [-0.3, -0.25) is 0 Å². The number of aromatic amines is 1. The van der Waals surface area contributed by atoms with E-state index in [1.807, 2.05) is 11.3 Å². The van der Waals surface area contributed by atoms with Crippen LogP contribution in [-0.2, 0) is 0 Å². The molecule has 2 aromatic heterocycles. The molecule has 0 aliphatic rings. The highest BCUT2D eigenvalue weighted by Gasteiger charge is 2.06. The average Bonchev–Trinajstić information content (AvgIpc) is 2.84. The highest BCUT2D eigenvalue weighted by atomic mass is 32.1. The molecule has 2 heteroatoms. The molecule has 1 aromatic carbocycles. The number of aryl methyl sites for hydroxylation is 2. The number of aromatic nitrogens is 1. The topological polar surface area (TPSA) is 15.8 Å². The van der Waals surface area contributed by atoms with Gasteiger partial charge in [0.15, 0.2) is 0 Å². The van der Waals surface area contributed by atoms with Gasteiger partial charge in [-0.2, -0.15) is 0 Å². The monoisotopic (exact) mass is 227 g/mol. The van der Waals surface area contributed by atoms with Crippen LogP contribution in [0.1, 0.15) is 10.4 Å². The lowest BCUT2D eigenvalue weighted by atomic mass is 10.2. The smallest absolute Gasteiger partial charge is 0.0566 e. The second kappa shape index (κ2) is 3.49.